The van der Waals surface area contributed by atoms with E-state index in [0.717, 1.165) is 35.8 Å². The number of anilines is 2. The first-order chi connectivity index (χ1) is 18.2. The normalized spacial score (nSPS) is 14.0. The van der Waals surface area contributed by atoms with Crippen molar-refractivity contribution in [3.63, 3.8) is 0 Å². The third-order valence-corrected chi connectivity index (χ3v) is 7.08. The van der Waals surface area contributed by atoms with Crippen molar-refractivity contribution in [1.82, 2.24) is 14.1 Å². The van der Waals surface area contributed by atoms with Gasteiger partial charge in [0.05, 0.1) is 24.2 Å². The lowest BCUT2D eigenvalue weighted by Crippen LogP contribution is -2.44. The molecular formula is C28H32Cl2N4O4. The Kier molecular flexibility index (Phi) is 9.28. The Labute approximate surface area is 231 Å². The molecule has 38 heavy (non-hydrogen) atoms. The van der Waals surface area contributed by atoms with Crippen LogP contribution in [0.2, 0.25) is 10.0 Å². The van der Waals surface area contributed by atoms with E-state index in [1.54, 1.807) is 42.5 Å². The molecule has 1 fully saturated rings. The van der Waals surface area contributed by atoms with Crippen LogP contribution < -0.4 is 21.4 Å². The highest BCUT2D eigenvalue weighted by Gasteiger charge is 2.20. The van der Waals surface area contributed by atoms with E-state index in [9.17, 15) is 14.4 Å². The Bertz CT molecular complexity index is 1390. The maximum atomic E-state index is 13.6. The topological polar surface area (TPSA) is 95.2 Å². The van der Waals surface area contributed by atoms with Gasteiger partial charge in [-0.25, -0.2) is 14.2 Å². The van der Waals surface area contributed by atoms with E-state index in [2.05, 4.69) is 10.3 Å². The molecule has 8 nitrogen and oxygen atoms in total. The van der Waals surface area contributed by atoms with Gasteiger partial charge in [-0.15, -0.1) is 0 Å². The molecule has 10 heteroatoms. The van der Waals surface area contributed by atoms with E-state index in [-0.39, 0.29) is 30.9 Å². The number of halogens is 2. The molecule has 1 aliphatic carbocycles. The second-order valence-corrected chi connectivity index (χ2v) is 10.8. The van der Waals surface area contributed by atoms with Crippen LogP contribution in [0.4, 0.5) is 11.6 Å². The zero-order valence-corrected chi connectivity index (χ0v) is 23.1. The van der Waals surface area contributed by atoms with E-state index < -0.39 is 11.4 Å². The highest BCUT2D eigenvalue weighted by atomic mass is 35.5. The fourth-order valence-corrected chi connectivity index (χ4v) is 5.04. The third-order valence-electron chi connectivity index (χ3n) is 6.53. The van der Waals surface area contributed by atoms with Gasteiger partial charge in [-0.3, -0.25) is 9.36 Å². The van der Waals surface area contributed by atoms with Gasteiger partial charge in [-0.05, 0) is 55.7 Å². The van der Waals surface area contributed by atoms with Crippen LogP contribution in [-0.4, -0.2) is 26.0 Å². The number of Topliss-reactive ketones (excluding diaryl/α,β-unsaturated/α-hetero) is 1. The Morgan fingerprint density at radius 2 is 1.76 bits per heavy atom. The standard InChI is InChI=1S/C28H32Cl2N4O4/c1-18(2)38-25-13-12-22(15-24(25)30)31-26-32-27(36)34(17-23(35)14-19-6-4-3-5-7-19)28(37)33(26)16-20-8-10-21(29)11-9-20/h8-13,15,18-19H,3-7,14,16-17H2,1-2H3,(H,31,32,36). The molecule has 0 spiro atoms. The van der Waals surface area contributed by atoms with Crippen molar-refractivity contribution in [2.75, 3.05) is 5.32 Å². The quantitative estimate of drug-likeness (QED) is 0.336. The average molecular weight is 559 g/mol. The number of carbonyl (C=O) groups excluding carboxylic acids is 1. The van der Waals surface area contributed by atoms with Crippen molar-refractivity contribution in [2.45, 2.75) is 71.6 Å². The SMILES string of the molecule is CC(C)Oc1ccc(Nc2nc(=O)n(CC(=O)CC3CCCCC3)c(=O)n2Cc2ccc(Cl)cc2)cc1Cl. The van der Waals surface area contributed by atoms with Crippen LogP contribution in [0, 0.1) is 5.92 Å². The molecule has 1 heterocycles. The zero-order valence-electron chi connectivity index (χ0n) is 21.6. The number of carbonyl (C=O) groups is 1. The number of benzene rings is 2. The Morgan fingerprint density at radius 1 is 1.05 bits per heavy atom. The van der Waals surface area contributed by atoms with Gasteiger partial charge in [-0.1, -0.05) is 67.4 Å². The van der Waals surface area contributed by atoms with Crippen LogP contribution in [0.1, 0.15) is 57.9 Å². The van der Waals surface area contributed by atoms with Gasteiger partial charge in [0.25, 0.3) is 0 Å². The summed E-state index contributed by atoms with van der Waals surface area (Å²) in [6.45, 7) is 3.62. The molecule has 0 unspecified atom stereocenters. The molecule has 0 atom stereocenters. The van der Waals surface area contributed by atoms with Gasteiger partial charge in [0.2, 0.25) is 5.95 Å². The molecule has 0 aliphatic heterocycles. The van der Waals surface area contributed by atoms with Crippen LogP contribution >= 0.6 is 23.2 Å². The summed E-state index contributed by atoms with van der Waals surface area (Å²) >= 11 is 12.4. The maximum Gasteiger partial charge on any atom is 0.355 e. The largest absolute Gasteiger partial charge is 0.489 e. The molecule has 202 valence electrons. The van der Waals surface area contributed by atoms with Crippen LogP contribution in [-0.2, 0) is 17.9 Å². The maximum absolute atomic E-state index is 13.6. The molecule has 0 radical (unpaired) electrons. The van der Waals surface area contributed by atoms with Crippen LogP contribution in [0.3, 0.4) is 0 Å². The summed E-state index contributed by atoms with van der Waals surface area (Å²) in [7, 11) is 0. The Morgan fingerprint density at radius 3 is 2.42 bits per heavy atom. The number of ether oxygens (including phenoxy) is 1. The number of aromatic nitrogens is 3. The van der Waals surface area contributed by atoms with E-state index in [1.165, 1.54) is 11.0 Å². The fourth-order valence-electron chi connectivity index (χ4n) is 4.69. The highest BCUT2D eigenvalue weighted by Crippen LogP contribution is 2.30. The van der Waals surface area contributed by atoms with E-state index in [0.29, 0.717) is 33.8 Å². The fraction of sp³-hybridized carbons (Fsp3) is 0.429. The first kappa shape index (κ1) is 27.9. The number of hydrogen-bond donors (Lipinski definition) is 1. The van der Waals surface area contributed by atoms with Crippen molar-refractivity contribution in [2.24, 2.45) is 5.92 Å². The van der Waals surface area contributed by atoms with Gasteiger partial charge in [0.1, 0.15) is 5.75 Å². The lowest BCUT2D eigenvalue weighted by molar-refractivity contribution is -0.120. The van der Waals surface area contributed by atoms with Crippen molar-refractivity contribution >= 4 is 40.6 Å². The van der Waals surface area contributed by atoms with Crippen molar-refractivity contribution in [1.29, 1.82) is 0 Å². The predicted octanol–water partition coefficient (Wildman–Crippen LogP) is 5.83. The molecule has 1 aromatic heterocycles. The summed E-state index contributed by atoms with van der Waals surface area (Å²) in [4.78, 5) is 43.5. The average Bonchev–Trinajstić information content (AvgIpc) is 2.87. The lowest BCUT2D eigenvalue weighted by atomic mass is 9.86. The number of nitrogens with zero attached hydrogens (tertiary/aromatic N) is 3. The zero-order chi connectivity index (χ0) is 27.2. The van der Waals surface area contributed by atoms with E-state index >= 15 is 0 Å². The second-order valence-electron chi connectivity index (χ2n) is 9.98. The minimum absolute atomic E-state index is 0.0412. The molecule has 0 amide bonds. The summed E-state index contributed by atoms with van der Waals surface area (Å²) in [5.74, 6) is 0.735. The molecule has 0 saturated heterocycles. The first-order valence-corrected chi connectivity index (χ1v) is 13.7. The minimum Gasteiger partial charge on any atom is -0.489 e. The van der Waals surface area contributed by atoms with Gasteiger partial charge < -0.3 is 10.1 Å². The molecule has 2 aromatic carbocycles. The second kappa shape index (κ2) is 12.6. The minimum atomic E-state index is -0.785. The number of hydrogen-bond acceptors (Lipinski definition) is 6. The predicted molar refractivity (Wildman–Crippen MR) is 150 cm³/mol. The highest BCUT2D eigenvalue weighted by molar-refractivity contribution is 6.32. The molecule has 1 saturated carbocycles. The summed E-state index contributed by atoms with van der Waals surface area (Å²) in [6, 6.07) is 12.1. The molecular weight excluding hydrogens is 527 g/mol. The van der Waals surface area contributed by atoms with Crippen LogP contribution in [0.5, 0.6) is 5.75 Å². The third kappa shape index (κ3) is 7.26. The number of rotatable bonds is 10. The van der Waals surface area contributed by atoms with Crippen LogP contribution in [0.15, 0.2) is 52.1 Å². The molecule has 1 N–H and O–H groups in total. The Hall–Kier alpha value is -3.10. The van der Waals surface area contributed by atoms with Crippen molar-refractivity contribution < 1.29 is 9.53 Å². The van der Waals surface area contributed by atoms with Crippen molar-refractivity contribution in [3.8, 4) is 5.75 Å². The van der Waals surface area contributed by atoms with E-state index in [1.807, 2.05) is 13.8 Å². The summed E-state index contributed by atoms with van der Waals surface area (Å²) < 4.78 is 7.93. The monoisotopic (exact) mass is 558 g/mol. The molecule has 0 bridgehead atoms. The van der Waals surface area contributed by atoms with Gasteiger partial charge in [-0.2, -0.15) is 4.98 Å². The van der Waals surface area contributed by atoms with Gasteiger partial charge in [0, 0.05) is 17.1 Å². The smallest absolute Gasteiger partial charge is 0.355 e. The summed E-state index contributed by atoms with van der Waals surface area (Å²) in [5.41, 5.74) is -0.106. The number of nitrogens with one attached hydrogen (secondary N) is 1. The molecule has 1 aliphatic rings. The van der Waals surface area contributed by atoms with E-state index in [4.69, 9.17) is 27.9 Å². The lowest BCUT2D eigenvalue weighted by Gasteiger charge is -2.21. The van der Waals surface area contributed by atoms with Crippen molar-refractivity contribution in [3.05, 3.63) is 79.0 Å². The summed E-state index contributed by atoms with van der Waals surface area (Å²) in [6.07, 6.45) is 5.75. The van der Waals surface area contributed by atoms with Gasteiger partial charge >= 0.3 is 11.4 Å². The summed E-state index contributed by atoms with van der Waals surface area (Å²) in [5, 5.41) is 3.98. The van der Waals surface area contributed by atoms with Crippen LogP contribution in [0.25, 0.3) is 0 Å². The molecule has 4 rings (SSSR count). The molecule has 3 aromatic rings. The first-order valence-electron chi connectivity index (χ1n) is 12.9. The Balaban J connectivity index is 1.66. The number of ketones is 1. The van der Waals surface area contributed by atoms with Gasteiger partial charge in [0.15, 0.2) is 5.78 Å².